The van der Waals surface area contributed by atoms with E-state index in [9.17, 15) is 4.39 Å². The number of rotatable bonds is 8. The van der Waals surface area contributed by atoms with Crippen molar-refractivity contribution in [3.8, 4) is 17.2 Å². The van der Waals surface area contributed by atoms with E-state index < -0.39 is 0 Å². The van der Waals surface area contributed by atoms with Gasteiger partial charge in [-0.1, -0.05) is 30.3 Å². The van der Waals surface area contributed by atoms with Crippen LogP contribution in [0.1, 0.15) is 11.1 Å². The molecule has 0 atom stereocenters. The molecule has 6 heteroatoms. The first-order chi connectivity index (χ1) is 15.6. The monoisotopic (exact) mass is 555 g/mol. The van der Waals surface area contributed by atoms with Gasteiger partial charge in [-0.15, -0.1) is 0 Å². The van der Waals surface area contributed by atoms with Crippen LogP contribution >= 0.6 is 31.9 Å². The standard InChI is InChI=1S/C26H20Br2FNO2/c27-24-14-19(15-25(28)26(24)31-17-18-6-8-20(29)9-7-18)16-30-21-10-12-23(13-11-21)32-22-4-2-1-3-5-22/h1-15,30H,16-17H2. The maximum atomic E-state index is 13.1. The summed E-state index contributed by atoms with van der Waals surface area (Å²) in [6, 6.07) is 27.9. The van der Waals surface area contributed by atoms with Crippen LogP contribution in [-0.4, -0.2) is 0 Å². The van der Waals surface area contributed by atoms with Crippen LogP contribution in [0.3, 0.4) is 0 Å². The molecule has 4 aromatic rings. The van der Waals surface area contributed by atoms with E-state index in [1.54, 1.807) is 12.1 Å². The average molecular weight is 557 g/mol. The molecule has 4 aromatic carbocycles. The third kappa shape index (κ3) is 6.11. The van der Waals surface area contributed by atoms with Crippen molar-refractivity contribution in [2.75, 3.05) is 5.32 Å². The van der Waals surface area contributed by atoms with Gasteiger partial charge in [0.05, 0.1) is 8.95 Å². The summed E-state index contributed by atoms with van der Waals surface area (Å²) < 4.78 is 26.5. The number of hydrogen-bond donors (Lipinski definition) is 1. The zero-order valence-corrected chi connectivity index (χ0v) is 20.2. The van der Waals surface area contributed by atoms with Crippen LogP contribution in [0.5, 0.6) is 17.2 Å². The number of ether oxygens (including phenoxy) is 2. The van der Waals surface area contributed by atoms with Crippen LogP contribution in [0.25, 0.3) is 0 Å². The molecule has 32 heavy (non-hydrogen) atoms. The highest BCUT2D eigenvalue weighted by Crippen LogP contribution is 2.35. The van der Waals surface area contributed by atoms with Gasteiger partial charge in [-0.2, -0.15) is 0 Å². The fourth-order valence-electron chi connectivity index (χ4n) is 3.06. The van der Waals surface area contributed by atoms with Crippen molar-refractivity contribution in [1.82, 2.24) is 0 Å². The minimum Gasteiger partial charge on any atom is -0.487 e. The summed E-state index contributed by atoms with van der Waals surface area (Å²) in [4.78, 5) is 0. The van der Waals surface area contributed by atoms with Crippen LogP contribution in [0, 0.1) is 5.82 Å². The summed E-state index contributed by atoms with van der Waals surface area (Å²) >= 11 is 7.18. The normalized spacial score (nSPS) is 10.6. The highest BCUT2D eigenvalue weighted by molar-refractivity contribution is 9.11. The van der Waals surface area contributed by atoms with Gasteiger partial charge in [-0.3, -0.25) is 0 Å². The summed E-state index contributed by atoms with van der Waals surface area (Å²) in [5.74, 6) is 2.05. The molecule has 0 amide bonds. The van der Waals surface area contributed by atoms with E-state index >= 15 is 0 Å². The van der Waals surface area contributed by atoms with E-state index in [1.807, 2.05) is 66.7 Å². The fraction of sp³-hybridized carbons (Fsp3) is 0.0769. The van der Waals surface area contributed by atoms with Crippen molar-refractivity contribution in [3.05, 3.63) is 117 Å². The molecule has 0 fully saturated rings. The lowest BCUT2D eigenvalue weighted by atomic mass is 10.2. The smallest absolute Gasteiger partial charge is 0.148 e. The Labute approximate surface area is 203 Å². The first-order valence-corrected chi connectivity index (χ1v) is 11.6. The fourth-order valence-corrected chi connectivity index (χ4v) is 4.57. The molecule has 0 unspecified atom stereocenters. The molecular weight excluding hydrogens is 537 g/mol. The summed E-state index contributed by atoms with van der Waals surface area (Å²) in [5.41, 5.74) is 2.98. The second-order valence-electron chi connectivity index (χ2n) is 7.10. The van der Waals surface area contributed by atoms with Crippen LogP contribution in [-0.2, 0) is 13.2 Å². The average Bonchev–Trinajstić information content (AvgIpc) is 2.80. The van der Waals surface area contributed by atoms with E-state index in [1.165, 1.54) is 12.1 Å². The van der Waals surface area contributed by atoms with Crippen LogP contribution in [0.2, 0.25) is 0 Å². The Morgan fingerprint density at radius 3 is 2.00 bits per heavy atom. The van der Waals surface area contributed by atoms with Crippen molar-refractivity contribution in [1.29, 1.82) is 0 Å². The highest BCUT2D eigenvalue weighted by atomic mass is 79.9. The zero-order chi connectivity index (χ0) is 22.3. The minimum absolute atomic E-state index is 0.258. The Kier molecular flexibility index (Phi) is 7.45. The molecule has 0 aliphatic carbocycles. The van der Waals surface area contributed by atoms with Gasteiger partial charge in [0.1, 0.15) is 29.7 Å². The topological polar surface area (TPSA) is 30.5 Å². The van der Waals surface area contributed by atoms with E-state index in [-0.39, 0.29) is 5.82 Å². The quantitative estimate of drug-likeness (QED) is 0.236. The molecule has 0 bridgehead atoms. The number of nitrogens with one attached hydrogen (secondary N) is 1. The Balaban J connectivity index is 1.34. The largest absolute Gasteiger partial charge is 0.487 e. The van der Waals surface area contributed by atoms with Gasteiger partial charge in [0.15, 0.2) is 0 Å². The number of halogens is 3. The van der Waals surface area contributed by atoms with Crippen molar-refractivity contribution >= 4 is 37.5 Å². The minimum atomic E-state index is -0.258. The van der Waals surface area contributed by atoms with E-state index in [0.717, 1.165) is 37.3 Å². The molecule has 0 aromatic heterocycles. The Morgan fingerprint density at radius 1 is 0.719 bits per heavy atom. The first kappa shape index (κ1) is 22.4. The predicted octanol–water partition coefficient (Wildman–Crippen LogP) is 8.33. The molecular formula is C26H20Br2FNO2. The van der Waals surface area contributed by atoms with Crippen LogP contribution < -0.4 is 14.8 Å². The molecule has 0 saturated carbocycles. The lowest BCUT2D eigenvalue weighted by Crippen LogP contribution is -2.01. The van der Waals surface area contributed by atoms with Crippen molar-refractivity contribution in [3.63, 3.8) is 0 Å². The van der Waals surface area contributed by atoms with E-state index in [4.69, 9.17) is 9.47 Å². The molecule has 4 rings (SSSR count). The maximum absolute atomic E-state index is 13.1. The van der Waals surface area contributed by atoms with Crippen molar-refractivity contribution in [2.24, 2.45) is 0 Å². The number of anilines is 1. The molecule has 3 nitrogen and oxygen atoms in total. The Bertz CT molecular complexity index is 1140. The van der Waals surface area contributed by atoms with E-state index in [0.29, 0.717) is 18.9 Å². The molecule has 162 valence electrons. The summed E-state index contributed by atoms with van der Waals surface area (Å²) in [6.07, 6.45) is 0. The highest BCUT2D eigenvalue weighted by Gasteiger charge is 2.10. The van der Waals surface area contributed by atoms with Gasteiger partial charge in [0.2, 0.25) is 0 Å². The van der Waals surface area contributed by atoms with Gasteiger partial charge in [-0.25, -0.2) is 4.39 Å². The molecule has 1 N–H and O–H groups in total. The molecule has 0 heterocycles. The van der Waals surface area contributed by atoms with Crippen molar-refractivity contribution < 1.29 is 13.9 Å². The third-order valence-electron chi connectivity index (χ3n) is 4.68. The molecule has 0 aliphatic heterocycles. The Hall–Kier alpha value is -2.83. The molecule has 0 spiro atoms. The van der Waals surface area contributed by atoms with Crippen LogP contribution in [0.4, 0.5) is 10.1 Å². The summed E-state index contributed by atoms with van der Waals surface area (Å²) in [7, 11) is 0. The van der Waals surface area contributed by atoms with E-state index in [2.05, 4.69) is 37.2 Å². The van der Waals surface area contributed by atoms with Gasteiger partial charge in [-0.05, 0) is 104 Å². The summed E-state index contributed by atoms with van der Waals surface area (Å²) in [6.45, 7) is 1.00. The molecule has 0 radical (unpaired) electrons. The number of hydrogen-bond acceptors (Lipinski definition) is 3. The van der Waals surface area contributed by atoms with Crippen molar-refractivity contribution in [2.45, 2.75) is 13.2 Å². The lowest BCUT2D eigenvalue weighted by Gasteiger charge is -2.14. The van der Waals surface area contributed by atoms with Gasteiger partial charge in [0.25, 0.3) is 0 Å². The Morgan fingerprint density at radius 2 is 1.34 bits per heavy atom. The maximum Gasteiger partial charge on any atom is 0.148 e. The van der Waals surface area contributed by atoms with Gasteiger partial charge in [0, 0.05) is 12.2 Å². The zero-order valence-electron chi connectivity index (χ0n) is 17.0. The lowest BCUT2D eigenvalue weighted by molar-refractivity contribution is 0.302. The second kappa shape index (κ2) is 10.7. The second-order valence-corrected chi connectivity index (χ2v) is 8.81. The SMILES string of the molecule is Fc1ccc(COc2c(Br)cc(CNc3ccc(Oc4ccccc4)cc3)cc2Br)cc1. The summed E-state index contributed by atoms with van der Waals surface area (Å²) in [5, 5.41) is 3.42. The number of para-hydroxylation sites is 1. The molecule has 0 saturated heterocycles. The number of benzene rings is 4. The first-order valence-electron chi connectivity index (χ1n) is 9.99. The van der Waals surface area contributed by atoms with Crippen LogP contribution in [0.15, 0.2) is 99.9 Å². The van der Waals surface area contributed by atoms with Gasteiger partial charge < -0.3 is 14.8 Å². The third-order valence-corrected chi connectivity index (χ3v) is 5.86. The molecule has 0 aliphatic rings. The van der Waals surface area contributed by atoms with Gasteiger partial charge >= 0.3 is 0 Å². The predicted molar refractivity (Wildman–Crippen MR) is 133 cm³/mol.